The standard InChI is InChI=1S/C23H24N2O3S/c1-16(2)18-9-11-20(12-10-18)25-29(27,28)21-13-14-22(17(3)15-21)24-23(26)19-7-5-4-6-8-19/h4-16,25H,1-3H3,(H,24,26). The Kier molecular flexibility index (Phi) is 6.03. The zero-order chi connectivity index (χ0) is 21.0. The lowest BCUT2D eigenvalue weighted by atomic mass is 10.0. The summed E-state index contributed by atoms with van der Waals surface area (Å²) in [5.41, 5.74) is 3.41. The van der Waals surface area contributed by atoms with Crippen molar-refractivity contribution in [3.8, 4) is 0 Å². The molecule has 0 saturated carbocycles. The van der Waals surface area contributed by atoms with Crippen molar-refractivity contribution < 1.29 is 13.2 Å². The quantitative estimate of drug-likeness (QED) is 0.591. The van der Waals surface area contributed by atoms with Crippen LogP contribution in [-0.4, -0.2) is 14.3 Å². The maximum absolute atomic E-state index is 12.7. The molecule has 0 bridgehead atoms. The van der Waals surface area contributed by atoms with Gasteiger partial charge in [-0.1, -0.05) is 44.2 Å². The summed E-state index contributed by atoms with van der Waals surface area (Å²) in [5, 5.41) is 2.82. The molecule has 0 unspecified atom stereocenters. The van der Waals surface area contributed by atoms with Gasteiger partial charge in [0.1, 0.15) is 0 Å². The van der Waals surface area contributed by atoms with E-state index in [9.17, 15) is 13.2 Å². The van der Waals surface area contributed by atoms with Crippen LogP contribution in [0.1, 0.15) is 41.3 Å². The molecule has 6 heteroatoms. The highest BCUT2D eigenvalue weighted by molar-refractivity contribution is 7.92. The third kappa shape index (κ3) is 5.03. The number of rotatable bonds is 6. The van der Waals surface area contributed by atoms with Crippen LogP contribution in [0.4, 0.5) is 11.4 Å². The van der Waals surface area contributed by atoms with Crippen LogP contribution in [0.5, 0.6) is 0 Å². The van der Waals surface area contributed by atoms with E-state index < -0.39 is 10.0 Å². The van der Waals surface area contributed by atoms with E-state index in [-0.39, 0.29) is 10.8 Å². The van der Waals surface area contributed by atoms with Crippen LogP contribution < -0.4 is 10.0 Å². The topological polar surface area (TPSA) is 75.3 Å². The maximum atomic E-state index is 12.7. The summed E-state index contributed by atoms with van der Waals surface area (Å²) >= 11 is 0. The number of carbonyl (C=O) groups is 1. The van der Waals surface area contributed by atoms with E-state index in [1.54, 1.807) is 55.5 Å². The van der Waals surface area contributed by atoms with Crippen LogP contribution >= 0.6 is 0 Å². The molecule has 0 fully saturated rings. The van der Waals surface area contributed by atoms with Crippen molar-refractivity contribution >= 4 is 27.3 Å². The van der Waals surface area contributed by atoms with Crippen molar-refractivity contribution in [2.45, 2.75) is 31.6 Å². The second-order valence-electron chi connectivity index (χ2n) is 7.18. The van der Waals surface area contributed by atoms with Gasteiger partial charge in [0.25, 0.3) is 15.9 Å². The first-order valence-electron chi connectivity index (χ1n) is 9.36. The van der Waals surface area contributed by atoms with Gasteiger partial charge in [-0.15, -0.1) is 0 Å². The fourth-order valence-electron chi connectivity index (χ4n) is 2.88. The third-order valence-electron chi connectivity index (χ3n) is 4.62. The van der Waals surface area contributed by atoms with Gasteiger partial charge in [0.05, 0.1) is 4.90 Å². The van der Waals surface area contributed by atoms with Crippen LogP contribution in [-0.2, 0) is 10.0 Å². The second kappa shape index (κ2) is 8.49. The van der Waals surface area contributed by atoms with Gasteiger partial charge in [-0.25, -0.2) is 8.42 Å². The summed E-state index contributed by atoms with van der Waals surface area (Å²) in [6.07, 6.45) is 0. The van der Waals surface area contributed by atoms with E-state index in [4.69, 9.17) is 0 Å². The largest absolute Gasteiger partial charge is 0.322 e. The monoisotopic (exact) mass is 408 g/mol. The molecule has 0 heterocycles. The highest BCUT2D eigenvalue weighted by Crippen LogP contribution is 2.23. The molecule has 0 atom stereocenters. The molecule has 150 valence electrons. The molecule has 0 aliphatic rings. The van der Waals surface area contributed by atoms with Crippen LogP contribution in [0, 0.1) is 6.92 Å². The lowest BCUT2D eigenvalue weighted by Gasteiger charge is -2.13. The Morgan fingerprint density at radius 3 is 2.14 bits per heavy atom. The van der Waals surface area contributed by atoms with E-state index in [1.807, 2.05) is 18.2 Å². The van der Waals surface area contributed by atoms with Crippen LogP contribution in [0.2, 0.25) is 0 Å². The van der Waals surface area contributed by atoms with Crippen molar-refractivity contribution in [3.63, 3.8) is 0 Å². The minimum absolute atomic E-state index is 0.139. The Hall–Kier alpha value is -3.12. The van der Waals surface area contributed by atoms with Gasteiger partial charge in [0.15, 0.2) is 0 Å². The molecule has 0 spiro atoms. The summed E-state index contributed by atoms with van der Waals surface area (Å²) in [7, 11) is -3.73. The number of hydrogen-bond acceptors (Lipinski definition) is 3. The first-order chi connectivity index (χ1) is 13.8. The van der Waals surface area contributed by atoms with Gasteiger partial charge in [-0.2, -0.15) is 0 Å². The third-order valence-corrected chi connectivity index (χ3v) is 6.00. The number of nitrogens with one attached hydrogen (secondary N) is 2. The molecule has 3 rings (SSSR count). The minimum atomic E-state index is -3.73. The summed E-state index contributed by atoms with van der Waals surface area (Å²) in [4.78, 5) is 12.5. The molecule has 1 amide bonds. The predicted octanol–water partition coefficient (Wildman–Crippen LogP) is 5.17. The van der Waals surface area contributed by atoms with E-state index in [1.165, 1.54) is 6.07 Å². The summed E-state index contributed by atoms with van der Waals surface area (Å²) < 4.78 is 28.1. The van der Waals surface area contributed by atoms with E-state index >= 15 is 0 Å². The van der Waals surface area contributed by atoms with Gasteiger partial charge in [-0.05, 0) is 66.4 Å². The lowest BCUT2D eigenvalue weighted by molar-refractivity contribution is 0.102. The minimum Gasteiger partial charge on any atom is -0.322 e. The summed E-state index contributed by atoms with van der Waals surface area (Å²) in [5.74, 6) is 0.134. The van der Waals surface area contributed by atoms with Gasteiger partial charge in [0, 0.05) is 16.9 Å². The Morgan fingerprint density at radius 1 is 0.897 bits per heavy atom. The zero-order valence-electron chi connectivity index (χ0n) is 16.6. The zero-order valence-corrected chi connectivity index (χ0v) is 17.5. The molecular formula is C23H24N2O3S. The Labute approximate surface area is 171 Å². The molecule has 3 aromatic carbocycles. The smallest absolute Gasteiger partial charge is 0.261 e. The Balaban J connectivity index is 1.76. The van der Waals surface area contributed by atoms with Crippen LogP contribution in [0.15, 0.2) is 77.7 Å². The number of benzene rings is 3. The number of aryl methyl sites for hydroxylation is 1. The molecule has 3 aromatic rings. The van der Waals surface area contributed by atoms with Crippen molar-refractivity contribution in [2.24, 2.45) is 0 Å². The number of hydrogen-bond donors (Lipinski definition) is 2. The van der Waals surface area contributed by atoms with Crippen LogP contribution in [0.3, 0.4) is 0 Å². The van der Waals surface area contributed by atoms with Crippen molar-refractivity contribution in [1.29, 1.82) is 0 Å². The molecule has 2 N–H and O–H groups in total. The van der Waals surface area contributed by atoms with Gasteiger partial charge < -0.3 is 5.32 Å². The molecule has 0 aliphatic heterocycles. The van der Waals surface area contributed by atoms with E-state index in [2.05, 4.69) is 23.9 Å². The summed E-state index contributed by atoms with van der Waals surface area (Å²) in [6, 6.07) is 20.8. The highest BCUT2D eigenvalue weighted by atomic mass is 32.2. The molecule has 0 radical (unpaired) electrons. The average Bonchev–Trinajstić information content (AvgIpc) is 2.70. The fourth-order valence-corrected chi connectivity index (χ4v) is 4.02. The van der Waals surface area contributed by atoms with E-state index in [0.29, 0.717) is 28.4 Å². The number of carbonyl (C=O) groups excluding carboxylic acids is 1. The van der Waals surface area contributed by atoms with Crippen molar-refractivity contribution in [3.05, 3.63) is 89.5 Å². The number of sulfonamides is 1. The summed E-state index contributed by atoms with van der Waals surface area (Å²) in [6.45, 7) is 5.93. The molecular weight excluding hydrogens is 384 g/mol. The molecule has 5 nitrogen and oxygen atoms in total. The number of amides is 1. The second-order valence-corrected chi connectivity index (χ2v) is 8.86. The van der Waals surface area contributed by atoms with Gasteiger partial charge >= 0.3 is 0 Å². The van der Waals surface area contributed by atoms with Gasteiger partial charge in [0.2, 0.25) is 0 Å². The average molecular weight is 409 g/mol. The van der Waals surface area contributed by atoms with Crippen molar-refractivity contribution in [2.75, 3.05) is 10.0 Å². The van der Waals surface area contributed by atoms with Crippen molar-refractivity contribution in [1.82, 2.24) is 0 Å². The molecule has 29 heavy (non-hydrogen) atoms. The Bertz CT molecular complexity index is 1110. The molecule has 0 aromatic heterocycles. The molecule has 0 aliphatic carbocycles. The predicted molar refractivity (Wildman–Crippen MR) is 117 cm³/mol. The SMILES string of the molecule is Cc1cc(S(=O)(=O)Nc2ccc(C(C)C)cc2)ccc1NC(=O)c1ccccc1. The normalized spacial score (nSPS) is 11.3. The first-order valence-corrected chi connectivity index (χ1v) is 10.8. The highest BCUT2D eigenvalue weighted by Gasteiger charge is 2.16. The van der Waals surface area contributed by atoms with E-state index in [0.717, 1.165) is 5.56 Å². The lowest BCUT2D eigenvalue weighted by Crippen LogP contribution is -2.15. The van der Waals surface area contributed by atoms with Crippen LogP contribution in [0.25, 0.3) is 0 Å². The molecule has 0 saturated heterocycles. The Morgan fingerprint density at radius 2 is 1.55 bits per heavy atom. The first kappa shape index (κ1) is 20.6. The maximum Gasteiger partial charge on any atom is 0.261 e. The van der Waals surface area contributed by atoms with Gasteiger partial charge in [-0.3, -0.25) is 9.52 Å². The fraction of sp³-hybridized carbons (Fsp3) is 0.174. The number of anilines is 2.